The highest BCUT2D eigenvalue weighted by atomic mass is 16.3. The molecule has 0 saturated carbocycles. The zero-order chi connectivity index (χ0) is 14.3. The number of benzene rings is 1. The lowest BCUT2D eigenvalue weighted by molar-refractivity contribution is -0.122. The smallest absolute Gasteiger partial charge is 0.234 e. The van der Waals surface area contributed by atoms with Crippen LogP contribution in [-0.2, 0) is 11.2 Å². The molecule has 1 aromatic rings. The van der Waals surface area contributed by atoms with Gasteiger partial charge in [-0.05, 0) is 51.4 Å². The SMILES string of the molecule is CCNC(=O)CN(C)C(C)CCc1ccc(O)cc1. The summed E-state index contributed by atoms with van der Waals surface area (Å²) < 4.78 is 0. The van der Waals surface area contributed by atoms with E-state index in [4.69, 9.17) is 0 Å². The summed E-state index contributed by atoms with van der Waals surface area (Å²) in [7, 11) is 1.97. The third kappa shape index (κ3) is 5.75. The van der Waals surface area contributed by atoms with Gasteiger partial charge in [0.15, 0.2) is 0 Å². The highest BCUT2D eigenvalue weighted by Gasteiger charge is 2.12. The van der Waals surface area contributed by atoms with Crippen LogP contribution in [0.25, 0.3) is 0 Å². The second-order valence-corrected chi connectivity index (χ2v) is 4.92. The van der Waals surface area contributed by atoms with Crippen LogP contribution in [0.3, 0.4) is 0 Å². The Kier molecular flexibility index (Phi) is 6.36. The summed E-state index contributed by atoms with van der Waals surface area (Å²) in [4.78, 5) is 13.6. The Morgan fingerprint density at radius 1 is 1.37 bits per heavy atom. The molecule has 0 heterocycles. The third-order valence-electron chi connectivity index (χ3n) is 3.31. The average molecular weight is 264 g/mol. The van der Waals surface area contributed by atoms with Crippen molar-refractivity contribution in [2.75, 3.05) is 20.1 Å². The van der Waals surface area contributed by atoms with Crippen molar-refractivity contribution >= 4 is 5.91 Å². The molecule has 0 aliphatic rings. The minimum Gasteiger partial charge on any atom is -0.508 e. The van der Waals surface area contributed by atoms with Crippen LogP contribution < -0.4 is 5.32 Å². The Morgan fingerprint density at radius 3 is 2.58 bits per heavy atom. The van der Waals surface area contributed by atoms with Gasteiger partial charge in [0.05, 0.1) is 6.54 Å². The number of phenolic OH excluding ortho intramolecular Hbond substituents is 1. The Morgan fingerprint density at radius 2 is 2.00 bits per heavy atom. The quantitative estimate of drug-likeness (QED) is 0.789. The standard InChI is InChI=1S/C15H24N2O2/c1-4-16-15(19)11-17(3)12(2)5-6-13-7-9-14(18)10-8-13/h7-10,12,18H,4-6,11H2,1-3H3,(H,16,19). The first-order valence-electron chi connectivity index (χ1n) is 6.77. The number of hydrogen-bond acceptors (Lipinski definition) is 3. The van der Waals surface area contributed by atoms with Crippen LogP contribution in [0, 0.1) is 0 Å². The maximum atomic E-state index is 11.5. The average Bonchev–Trinajstić information content (AvgIpc) is 2.37. The van der Waals surface area contributed by atoms with Crippen LogP contribution in [0.2, 0.25) is 0 Å². The normalized spacial score (nSPS) is 12.4. The maximum Gasteiger partial charge on any atom is 0.234 e. The molecule has 1 atom stereocenters. The second-order valence-electron chi connectivity index (χ2n) is 4.92. The second kappa shape index (κ2) is 7.79. The molecule has 0 saturated heterocycles. The number of nitrogens with one attached hydrogen (secondary N) is 1. The molecule has 2 N–H and O–H groups in total. The van der Waals surface area contributed by atoms with Gasteiger partial charge in [0.2, 0.25) is 5.91 Å². The van der Waals surface area contributed by atoms with Crippen LogP contribution in [0.1, 0.15) is 25.8 Å². The van der Waals surface area contributed by atoms with Crippen LogP contribution in [-0.4, -0.2) is 42.1 Å². The van der Waals surface area contributed by atoms with Gasteiger partial charge >= 0.3 is 0 Å². The predicted octanol–water partition coefficient (Wildman–Crippen LogP) is 1.78. The Balaban J connectivity index is 2.35. The highest BCUT2D eigenvalue weighted by Crippen LogP contribution is 2.13. The minimum atomic E-state index is 0.0708. The molecule has 4 nitrogen and oxygen atoms in total. The van der Waals surface area contributed by atoms with Gasteiger partial charge < -0.3 is 10.4 Å². The number of phenols is 1. The molecule has 1 unspecified atom stereocenters. The number of rotatable bonds is 7. The first kappa shape index (κ1) is 15.5. The Bertz CT molecular complexity index is 390. The molecule has 4 heteroatoms. The number of carbonyl (C=O) groups excluding carboxylic acids is 1. The Labute approximate surface area is 115 Å². The molecule has 0 aromatic heterocycles. The van der Waals surface area contributed by atoms with Gasteiger partial charge in [-0.1, -0.05) is 12.1 Å². The number of carbonyl (C=O) groups is 1. The van der Waals surface area contributed by atoms with Crippen molar-refractivity contribution < 1.29 is 9.90 Å². The van der Waals surface area contributed by atoms with Gasteiger partial charge in [0, 0.05) is 12.6 Å². The largest absolute Gasteiger partial charge is 0.508 e. The van der Waals surface area contributed by atoms with E-state index in [1.54, 1.807) is 12.1 Å². The van der Waals surface area contributed by atoms with Crippen LogP contribution in [0.4, 0.5) is 0 Å². The molecule has 0 aliphatic heterocycles. The van der Waals surface area contributed by atoms with E-state index in [2.05, 4.69) is 17.1 Å². The highest BCUT2D eigenvalue weighted by molar-refractivity contribution is 5.77. The van der Waals surface area contributed by atoms with Crippen molar-refractivity contribution in [1.82, 2.24) is 10.2 Å². The van der Waals surface area contributed by atoms with E-state index in [1.165, 1.54) is 5.56 Å². The van der Waals surface area contributed by atoms with E-state index >= 15 is 0 Å². The van der Waals surface area contributed by atoms with Gasteiger partial charge in [-0.25, -0.2) is 0 Å². The predicted molar refractivity (Wildman–Crippen MR) is 77.2 cm³/mol. The zero-order valence-corrected chi connectivity index (χ0v) is 12.0. The van der Waals surface area contributed by atoms with Crippen molar-refractivity contribution in [3.63, 3.8) is 0 Å². The summed E-state index contributed by atoms with van der Waals surface area (Å²) in [6, 6.07) is 7.63. The molecule has 1 rings (SSSR count). The van der Waals surface area contributed by atoms with E-state index in [1.807, 2.05) is 26.1 Å². The number of nitrogens with zero attached hydrogens (tertiary/aromatic N) is 1. The Hall–Kier alpha value is -1.55. The third-order valence-corrected chi connectivity index (χ3v) is 3.31. The first-order chi connectivity index (χ1) is 9.02. The topological polar surface area (TPSA) is 52.6 Å². The van der Waals surface area contributed by atoms with Crippen molar-refractivity contribution in [3.8, 4) is 5.75 Å². The number of aryl methyl sites for hydroxylation is 1. The molecule has 1 amide bonds. The van der Waals surface area contributed by atoms with Crippen LogP contribution >= 0.6 is 0 Å². The fraction of sp³-hybridized carbons (Fsp3) is 0.533. The molecule has 1 aromatic carbocycles. The van der Waals surface area contributed by atoms with Gasteiger partial charge in [-0.3, -0.25) is 9.69 Å². The molecule has 0 aliphatic carbocycles. The molecular formula is C15H24N2O2. The molecule has 106 valence electrons. The number of likely N-dealkylation sites (N-methyl/N-ethyl adjacent to an activating group) is 2. The number of hydrogen-bond donors (Lipinski definition) is 2. The lowest BCUT2D eigenvalue weighted by Crippen LogP contribution is -2.39. The fourth-order valence-electron chi connectivity index (χ4n) is 1.89. The van der Waals surface area contributed by atoms with Gasteiger partial charge in [0.1, 0.15) is 5.75 Å². The van der Waals surface area contributed by atoms with E-state index < -0.39 is 0 Å². The van der Waals surface area contributed by atoms with E-state index in [-0.39, 0.29) is 5.91 Å². The van der Waals surface area contributed by atoms with Crippen LogP contribution in [0.5, 0.6) is 5.75 Å². The molecule has 0 spiro atoms. The van der Waals surface area contributed by atoms with E-state index in [0.29, 0.717) is 24.9 Å². The van der Waals surface area contributed by atoms with Crippen molar-refractivity contribution in [2.24, 2.45) is 0 Å². The lowest BCUT2D eigenvalue weighted by Gasteiger charge is -2.24. The zero-order valence-electron chi connectivity index (χ0n) is 12.0. The summed E-state index contributed by atoms with van der Waals surface area (Å²) in [5, 5.41) is 12.0. The summed E-state index contributed by atoms with van der Waals surface area (Å²) in [6.45, 7) is 5.16. The molecule has 0 radical (unpaired) electrons. The number of amides is 1. The lowest BCUT2D eigenvalue weighted by atomic mass is 10.1. The molecule has 0 bridgehead atoms. The van der Waals surface area contributed by atoms with E-state index in [9.17, 15) is 9.90 Å². The van der Waals surface area contributed by atoms with E-state index in [0.717, 1.165) is 12.8 Å². The van der Waals surface area contributed by atoms with Gasteiger partial charge in [-0.2, -0.15) is 0 Å². The van der Waals surface area contributed by atoms with Crippen molar-refractivity contribution in [1.29, 1.82) is 0 Å². The molecular weight excluding hydrogens is 240 g/mol. The monoisotopic (exact) mass is 264 g/mol. The summed E-state index contributed by atoms with van der Waals surface area (Å²) >= 11 is 0. The number of aromatic hydroxyl groups is 1. The molecule has 19 heavy (non-hydrogen) atoms. The summed E-state index contributed by atoms with van der Waals surface area (Å²) in [6.07, 6.45) is 1.93. The van der Waals surface area contributed by atoms with Crippen molar-refractivity contribution in [3.05, 3.63) is 29.8 Å². The summed E-state index contributed by atoms with van der Waals surface area (Å²) in [5.74, 6) is 0.367. The molecule has 0 fully saturated rings. The van der Waals surface area contributed by atoms with Crippen molar-refractivity contribution in [2.45, 2.75) is 32.7 Å². The maximum absolute atomic E-state index is 11.5. The minimum absolute atomic E-state index is 0.0708. The van der Waals surface area contributed by atoms with Gasteiger partial charge in [0.25, 0.3) is 0 Å². The fourth-order valence-corrected chi connectivity index (χ4v) is 1.89. The summed E-state index contributed by atoms with van der Waals surface area (Å²) in [5.41, 5.74) is 1.20. The van der Waals surface area contributed by atoms with Gasteiger partial charge in [-0.15, -0.1) is 0 Å². The van der Waals surface area contributed by atoms with Crippen LogP contribution in [0.15, 0.2) is 24.3 Å². The first-order valence-corrected chi connectivity index (χ1v) is 6.77.